The first-order chi connectivity index (χ1) is 9.15. The van der Waals surface area contributed by atoms with Crippen LogP contribution in [0.2, 0.25) is 5.02 Å². The topological polar surface area (TPSA) is 47.3 Å². The lowest BCUT2D eigenvalue weighted by Gasteiger charge is -2.32. The summed E-state index contributed by atoms with van der Waals surface area (Å²) in [6.45, 7) is 0.724. The van der Waals surface area contributed by atoms with E-state index in [9.17, 15) is 0 Å². The average molecular weight is 348 g/mol. The Hall–Kier alpha value is -0.450. The SMILES string of the molecule is COc1c(Br)cc(Cl)cc1NC1CCCCC1CN. The van der Waals surface area contributed by atoms with E-state index < -0.39 is 0 Å². The van der Waals surface area contributed by atoms with E-state index in [1.54, 1.807) is 7.11 Å². The second-order valence-electron chi connectivity index (χ2n) is 5.00. The molecule has 0 spiro atoms. The highest BCUT2D eigenvalue weighted by atomic mass is 79.9. The van der Waals surface area contributed by atoms with Gasteiger partial charge in [-0.1, -0.05) is 24.4 Å². The first kappa shape index (κ1) is 14.9. The van der Waals surface area contributed by atoms with Crippen LogP contribution in [0.25, 0.3) is 0 Å². The highest BCUT2D eigenvalue weighted by molar-refractivity contribution is 9.10. The van der Waals surface area contributed by atoms with Gasteiger partial charge in [-0.3, -0.25) is 0 Å². The minimum Gasteiger partial charge on any atom is -0.493 e. The number of ether oxygens (including phenoxy) is 1. The minimum absolute atomic E-state index is 0.401. The summed E-state index contributed by atoms with van der Waals surface area (Å²) in [5, 5.41) is 4.25. The van der Waals surface area contributed by atoms with Crippen LogP contribution >= 0.6 is 27.5 Å². The Morgan fingerprint density at radius 3 is 2.84 bits per heavy atom. The van der Waals surface area contributed by atoms with Gasteiger partial charge in [0.25, 0.3) is 0 Å². The molecule has 0 radical (unpaired) electrons. The molecule has 1 aliphatic rings. The summed E-state index contributed by atoms with van der Waals surface area (Å²) in [5.74, 6) is 1.32. The van der Waals surface area contributed by atoms with Gasteiger partial charge in [-0.25, -0.2) is 0 Å². The van der Waals surface area contributed by atoms with Gasteiger partial charge in [0.05, 0.1) is 17.3 Å². The molecule has 0 aliphatic heterocycles. The Kier molecular flexibility index (Phi) is 5.37. The summed E-state index contributed by atoms with van der Waals surface area (Å²) >= 11 is 9.60. The molecule has 0 saturated heterocycles. The summed E-state index contributed by atoms with van der Waals surface area (Å²) in [6, 6.07) is 4.15. The van der Waals surface area contributed by atoms with Crippen molar-refractivity contribution in [3.05, 3.63) is 21.6 Å². The van der Waals surface area contributed by atoms with E-state index in [0.29, 0.717) is 17.0 Å². The maximum absolute atomic E-state index is 6.12. The number of nitrogens with two attached hydrogens (primary N) is 1. The van der Waals surface area contributed by atoms with E-state index in [2.05, 4.69) is 21.2 Å². The molecule has 3 N–H and O–H groups in total. The zero-order valence-corrected chi connectivity index (χ0v) is 13.4. The van der Waals surface area contributed by atoms with Crippen LogP contribution < -0.4 is 15.8 Å². The standard InChI is InChI=1S/C14H20BrClN2O/c1-19-14-11(15)6-10(16)7-13(14)18-12-5-3-2-4-9(12)8-17/h6-7,9,12,18H,2-5,8,17H2,1H3. The Morgan fingerprint density at radius 1 is 1.42 bits per heavy atom. The molecule has 3 nitrogen and oxygen atoms in total. The molecule has 106 valence electrons. The number of hydrogen-bond donors (Lipinski definition) is 2. The largest absolute Gasteiger partial charge is 0.493 e. The molecule has 1 fully saturated rings. The Balaban J connectivity index is 2.21. The number of rotatable bonds is 4. The van der Waals surface area contributed by atoms with Gasteiger partial charge < -0.3 is 15.8 Å². The van der Waals surface area contributed by atoms with E-state index in [1.165, 1.54) is 19.3 Å². The van der Waals surface area contributed by atoms with Gasteiger partial charge in [-0.2, -0.15) is 0 Å². The third-order valence-electron chi connectivity index (χ3n) is 3.77. The quantitative estimate of drug-likeness (QED) is 0.864. The molecule has 0 bridgehead atoms. The second-order valence-corrected chi connectivity index (χ2v) is 6.29. The molecule has 1 saturated carbocycles. The molecule has 1 aromatic carbocycles. The predicted molar refractivity (Wildman–Crippen MR) is 84.1 cm³/mol. The Labute approximate surface area is 128 Å². The van der Waals surface area contributed by atoms with E-state index in [-0.39, 0.29) is 0 Å². The Morgan fingerprint density at radius 2 is 2.16 bits per heavy atom. The van der Waals surface area contributed by atoms with Crippen LogP contribution in [0, 0.1) is 5.92 Å². The summed E-state index contributed by atoms with van der Waals surface area (Å²) in [6.07, 6.45) is 4.86. The summed E-state index contributed by atoms with van der Waals surface area (Å²) in [7, 11) is 1.67. The molecular weight excluding hydrogens is 328 g/mol. The van der Waals surface area contributed by atoms with Crippen LogP contribution in [0.5, 0.6) is 5.75 Å². The van der Waals surface area contributed by atoms with Crippen LogP contribution in [-0.4, -0.2) is 19.7 Å². The van der Waals surface area contributed by atoms with Gasteiger partial charge in [0.1, 0.15) is 0 Å². The maximum Gasteiger partial charge on any atom is 0.156 e. The molecule has 2 unspecified atom stereocenters. The molecule has 19 heavy (non-hydrogen) atoms. The van der Waals surface area contributed by atoms with Crippen molar-refractivity contribution in [1.29, 1.82) is 0 Å². The second kappa shape index (κ2) is 6.82. The number of anilines is 1. The zero-order valence-electron chi connectivity index (χ0n) is 11.1. The molecule has 2 atom stereocenters. The molecule has 1 aliphatic carbocycles. The van der Waals surface area contributed by atoms with E-state index in [0.717, 1.165) is 28.9 Å². The predicted octanol–water partition coefficient (Wildman–Crippen LogP) is 4.04. The minimum atomic E-state index is 0.401. The van der Waals surface area contributed by atoms with Crippen molar-refractivity contribution >= 4 is 33.2 Å². The van der Waals surface area contributed by atoms with Gasteiger partial charge in [-0.15, -0.1) is 0 Å². The van der Waals surface area contributed by atoms with Crippen LogP contribution in [0.3, 0.4) is 0 Å². The normalized spacial score (nSPS) is 23.2. The third kappa shape index (κ3) is 3.56. The fraction of sp³-hybridized carbons (Fsp3) is 0.571. The molecule has 5 heteroatoms. The molecule has 2 rings (SSSR count). The van der Waals surface area contributed by atoms with Gasteiger partial charge >= 0.3 is 0 Å². The van der Waals surface area contributed by atoms with Crippen molar-refractivity contribution in [3.63, 3.8) is 0 Å². The first-order valence-corrected chi connectivity index (χ1v) is 7.82. The number of halogens is 2. The maximum atomic E-state index is 6.12. The average Bonchev–Trinajstić information content (AvgIpc) is 2.39. The van der Waals surface area contributed by atoms with Crippen LogP contribution in [-0.2, 0) is 0 Å². The van der Waals surface area contributed by atoms with E-state index in [4.69, 9.17) is 22.1 Å². The number of methoxy groups -OCH3 is 1. The lowest BCUT2D eigenvalue weighted by molar-refractivity contribution is 0.331. The lowest BCUT2D eigenvalue weighted by Crippen LogP contribution is -2.36. The van der Waals surface area contributed by atoms with Gasteiger partial charge in [0, 0.05) is 11.1 Å². The monoisotopic (exact) mass is 346 g/mol. The van der Waals surface area contributed by atoms with Gasteiger partial charge in [-0.05, 0) is 53.4 Å². The highest BCUT2D eigenvalue weighted by Crippen LogP contribution is 2.38. The van der Waals surface area contributed by atoms with Gasteiger partial charge in [0.15, 0.2) is 5.75 Å². The molecule has 0 aromatic heterocycles. The van der Waals surface area contributed by atoms with E-state index >= 15 is 0 Å². The van der Waals surface area contributed by atoms with Gasteiger partial charge in [0.2, 0.25) is 0 Å². The molecular formula is C14H20BrClN2O. The highest BCUT2D eigenvalue weighted by Gasteiger charge is 2.25. The smallest absolute Gasteiger partial charge is 0.156 e. The van der Waals surface area contributed by atoms with Crippen molar-refractivity contribution in [2.75, 3.05) is 19.0 Å². The third-order valence-corrected chi connectivity index (χ3v) is 4.57. The summed E-state index contributed by atoms with van der Waals surface area (Å²) in [4.78, 5) is 0. The number of benzene rings is 1. The number of nitrogens with one attached hydrogen (secondary N) is 1. The molecule has 0 amide bonds. The fourth-order valence-corrected chi connectivity index (χ4v) is 3.73. The van der Waals surface area contributed by atoms with Crippen LogP contribution in [0.15, 0.2) is 16.6 Å². The first-order valence-electron chi connectivity index (χ1n) is 6.65. The van der Waals surface area contributed by atoms with Crippen LogP contribution in [0.1, 0.15) is 25.7 Å². The summed E-state index contributed by atoms with van der Waals surface area (Å²) in [5.41, 5.74) is 6.81. The van der Waals surface area contributed by atoms with Crippen molar-refractivity contribution in [2.45, 2.75) is 31.7 Å². The molecule has 0 heterocycles. The Bertz CT molecular complexity index is 442. The number of hydrogen-bond acceptors (Lipinski definition) is 3. The van der Waals surface area contributed by atoms with Crippen molar-refractivity contribution < 1.29 is 4.74 Å². The van der Waals surface area contributed by atoms with E-state index in [1.807, 2.05) is 12.1 Å². The van der Waals surface area contributed by atoms with Crippen molar-refractivity contribution in [1.82, 2.24) is 0 Å². The fourth-order valence-electron chi connectivity index (χ4n) is 2.75. The van der Waals surface area contributed by atoms with Crippen molar-refractivity contribution in [3.8, 4) is 5.75 Å². The molecule has 1 aromatic rings. The van der Waals surface area contributed by atoms with Crippen LogP contribution in [0.4, 0.5) is 5.69 Å². The zero-order chi connectivity index (χ0) is 13.8. The van der Waals surface area contributed by atoms with Crippen molar-refractivity contribution in [2.24, 2.45) is 11.7 Å². The lowest BCUT2D eigenvalue weighted by atomic mass is 9.84. The summed E-state index contributed by atoms with van der Waals surface area (Å²) < 4.78 is 6.31.